The molecule has 0 aliphatic carbocycles. The van der Waals surface area contributed by atoms with E-state index < -0.39 is 0 Å². The fourth-order valence-electron chi connectivity index (χ4n) is 1.36. The minimum Gasteiger partial charge on any atom is -0.467 e. The summed E-state index contributed by atoms with van der Waals surface area (Å²) in [6.07, 6.45) is 5.30. The molecular formula is C12H13NO2. The van der Waals surface area contributed by atoms with Gasteiger partial charge in [-0.05, 0) is 31.2 Å². The van der Waals surface area contributed by atoms with Gasteiger partial charge in [0, 0.05) is 0 Å². The van der Waals surface area contributed by atoms with E-state index in [1.807, 2.05) is 37.3 Å². The van der Waals surface area contributed by atoms with Gasteiger partial charge in [-0.1, -0.05) is 6.08 Å². The van der Waals surface area contributed by atoms with Gasteiger partial charge in [-0.2, -0.15) is 0 Å². The van der Waals surface area contributed by atoms with E-state index in [-0.39, 0.29) is 0 Å². The second-order valence-electron chi connectivity index (χ2n) is 3.11. The van der Waals surface area contributed by atoms with Crippen LogP contribution in [-0.4, -0.2) is 0 Å². The van der Waals surface area contributed by atoms with Crippen LogP contribution in [0.1, 0.15) is 18.4 Å². The molecule has 0 radical (unpaired) electrons. The number of hydrogen-bond donors (Lipinski definition) is 1. The first kappa shape index (κ1) is 9.65. The number of allylic oxidation sites excluding steroid dienone is 1. The third-order valence-corrected chi connectivity index (χ3v) is 2.11. The molecule has 3 heteroatoms. The van der Waals surface area contributed by atoms with Crippen LogP contribution in [0.2, 0.25) is 0 Å². The summed E-state index contributed by atoms with van der Waals surface area (Å²) in [5, 5.41) is 3.25. The summed E-state index contributed by atoms with van der Waals surface area (Å²) in [5.41, 5.74) is 0.969. The van der Waals surface area contributed by atoms with Crippen molar-refractivity contribution in [1.29, 1.82) is 0 Å². The van der Waals surface area contributed by atoms with E-state index in [1.54, 1.807) is 12.5 Å². The van der Waals surface area contributed by atoms with E-state index in [2.05, 4.69) is 5.32 Å². The van der Waals surface area contributed by atoms with E-state index in [4.69, 9.17) is 8.83 Å². The summed E-state index contributed by atoms with van der Waals surface area (Å²) in [4.78, 5) is 0. The minimum absolute atomic E-state index is 0.660. The molecule has 0 aliphatic heterocycles. The van der Waals surface area contributed by atoms with E-state index in [0.29, 0.717) is 6.54 Å². The molecular weight excluding hydrogens is 190 g/mol. The van der Waals surface area contributed by atoms with Crippen LogP contribution < -0.4 is 5.32 Å². The molecule has 0 atom stereocenters. The summed E-state index contributed by atoms with van der Waals surface area (Å²) in [7, 11) is 0. The summed E-state index contributed by atoms with van der Waals surface area (Å²) in [5.74, 6) is 1.74. The number of hydrogen-bond acceptors (Lipinski definition) is 3. The lowest BCUT2D eigenvalue weighted by molar-refractivity contribution is 0.497. The van der Waals surface area contributed by atoms with Crippen LogP contribution in [0.3, 0.4) is 0 Å². The highest BCUT2D eigenvalue weighted by atomic mass is 16.3. The second kappa shape index (κ2) is 4.55. The monoisotopic (exact) mass is 203 g/mol. The van der Waals surface area contributed by atoms with Crippen LogP contribution in [-0.2, 0) is 6.54 Å². The van der Waals surface area contributed by atoms with Gasteiger partial charge in [-0.25, -0.2) is 0 Å². The smallest absolute Gasteiger partial charge is 0.149 e. The molecule has 2 rings (SSSR count). The molecule has 0 spiro atoms. The van der Waals surface area contributed by atoms with Gasteiger partial charge >= 0.3 is 0 Å². The molecule has 3 nitrogen and oxygen atoms in total. The quantitative estimate of drug-likeness (QED) is 0.830. The Bertz CT molecular complexity index is 412. The normalized spacial score (nSPS) is 11.7. The summed E-state index contributed by atoms with van der Waals surface area (Å²) in [6, 6.07) is 7.60. The van der Waals surface area contributed by atoms with Crippen LogP contribution in [0.25, 0.3) is 5.70 Å². The van der Waals surface area contributed by atoms with Gasteiger partial charge in [0.2, 0.25) is 0 Å². The van der Waals surface area contributed by atoms with Crippen LogP contribution in [0.15, 0.2) is 51.7 Å². The van der Waals surface area contributed by atoms with Gasteiger partial charge in [0.1, 0.15) is 11.5 Å². The van der Waals surface area contributed by atoms with Crippen molar-refractivity contribution in [3.8, 4) is 0 Å². The van der Waals surface area contributed by atoms with Gasteiger partial charge in [0.25, 0.3) is 0 Å². The highest BCUT2D eigenvalue weighted by Gasteiger charge is 2.03. The third kappa shape index (κ3) is 2.31. The highest BCUT2D eigenvalue weighted by Crippen LogP contribution is 2.12. The fraction of sp³-hybridized carbons (Fsp3) is 0.167. The molecule has 0 fully saturated rings. The topological polar surface area (TPSA) is 38.3 Å². The molecule has 0 aromatic carbocycles. The zero-order valence-electron chi connectivity index (χ0n) is 8.57. The number of furan rings is 2. The molecule has 2 aromatic heterocycles. The number of rotatable bonds is 4. The van der Waals surface area contributed by atoms with Crippen LogP contribution >= 0.6 is 0 Å². The van der Waals surface area contributed by atoms with E-state index in [1.165, 1.54) is 0 Å². The molecule has 0 unspecified atom stereocenters. The Labute approximate surface area is 88.4 Å². The van der Waals surface area contributed by atoms with Gasteiger partial charge in [0.05, 0.1) is 24.8 Å². The fourth-order valence-corrected chi connectivity index (χ4v) is 1.36. The first-order valence-electron chi connectivity index (χ1n) is 4.86. The highest BCUT2D eigenvalue weighted by molar-refractivity contribution is 5.58. The molecule has 0 saturated carbocycles. The molecule has 0 aliphatic rings. The molecule has 2 aromatic rings. The maximum atomic E-state index is 5.30. The van der Waals surface area contributed by atoms with Crippen LogP contribution in [0, 0.1) is 0 Å². The Balaban J connectivity index is 1.99. The summed E-state index contributed by atoms with van der Waals surface area (Å²) >= 11 is 0. The average Bonchev–Trinajstić information content (AvgIpc) is 2.90. The van der Waals surface area contributed by atoms with Crippen molar-refractivity contribution in [3.63, 3.8) is 0 Å². The van der Waals surface area contributed by atoms with E-state index >= 15 is 0 Å². The van der Waals surface area contributed by atoms with Gasteiger partial charge in [0.15, 0.2) is 0 Å². The lowest BCUT2D eigenvalue weighted by Gasteiger charge is -2.05. The van der Waals surface area contributed by atoms with Crippen LogP contribution in [0.4, 0.5) is 0 Å². The predicted molar refractivity (Wildman–Crippen MR) is 57.9 cm³/mol. The van der Waals surface area contributed by atoms with Crippen molar-refractivity contribution >= 4 is 5.70 Å². The maximum absolute atomic E-state index is 5.30. The van der Waals surface area contributed by atoms with Gasteiger partial charge < -0.3 is 14.2 Å². The molecule has 15 heavy (non-hydrogen) atoms. The standard InChI is InChI=1S/C12H13NO2/c1-2-11(12-6-4-8-15-12)13-9-10-5-3-7-14-10/h2-8,13H,9H2,1H3. The molecule has 0 bridgehead atoms. The van der Waals surface area contributed by atoms with Crippen molar-refractivity contribution in [2.45, 2.75) is 13.5 Å². The number of nitrogens with one attached hydrogen (secondary N) is 1. The molecule has 1 N–H and O–H groups in total. The van der Waals surface area contributed by atoms with E-state index in [0.717, 1.165) is 17.2 Å². The van der Waals surface area contributed by atoms with E-state index in [9.17, 15) is 0 Å². The summed E-state index contributed by atoms with van der Waals surface area (Å²) < 4.78 is 10.5. The predicted octanol–water partition coefficient (Wildman–Crippen LogP) is 3.02. The third-order valence-electron chi connectivity index (χ3n) is 2.11. The zero-order valence-corrected chi connectivity index (χ0v) is 8.57. The molecule has 2 heterocycles. The van der Waals surface area contributed by atoms with Crippen molar-refractivity contribution in [3.05, 3.63) is 54.4 Å². The Hall–Kier alpha value is -1.90. The first-order chi connectivity index (χ1) is 7.40. The lowest BCUT2D eigenvalue weighted by Crippen LogP contribution is -2.10. The van der Waals surface area contributed by atoms with Crippen molar-refractivity contribution in [2.75, 3.05) is 0 Å². The molecule has 78 valence electrons. The Morgan fingerprint density at radius 2 is 2.07 bits per heavy atom. The Kier molecular flexibility index (Phi) is 2.93. The van der Waals surface area contributed by atoms with Gasteiger partial charge in [-0.3, -0.25) is 0 Å². The summed E-state index contributed by atoms with van der Waals surface area (Å²) in [6.45, 7) is 2.63. The molecule has 0 amide bonds. The van der Waals surface area contributed by atoms with Crippen LogP contribution in [0.5, 0.6) is 0 Å². The van der Waals surface area contributed by atoms with Crippen molar-refractivity contribution in [2.24, 2.45) is 0 Å². The zero-order chi connectivity index (χ0) is 10.5. The minimum atomic E-state index is 0.660. The average molecular weight is 203 g/mol. The van der Waals surface area contributed by atoms with Crippen molar-refractivity contribution in [1.82, 2.24) is 5.32 Å². The second-order valence-corrected chi connectivity index (χ2v) is 3.11. The first-order valence-corrected chi connectivity index (χ1v) is 4.86. The van der Waals surface area contributed by atoms with Crippen molar-refractivity contribution < 1.29 is 8.83 Å². The Morgan fingerprint density at radius 3 is 2.67 bits per heavy atom. The maximum Gasteiger partial charge on any atom is 0.149 e. The lowest BCUT2D eigenvalue weighted by atomic mass is 10.3. The largest absolute Gasteiger partial charge is 0.467 e. The van der Waals surface area contributed by atoms with Gasteiger partial charge in [-0.15, -0.1) is 0 Å². The Morgan fingerprint density at radius 1 is 1.27 bits per heavy atom. The SMILES string of the molecule is CC=C(NCc1ccco1)c1ccco1. The molecule has 0 saturated heterocycles.